The highest BCUT2D eigenvalue weighted by molar-refractivity contribution is 6.30. The lowest BCUT2D eigenvalue weighted by molar-refractivity contribution is 0.0949. The summed E-state index contributed by atoms with van der Waals surface area (Å²) in [6.45, 7) is 0.733. The Labute approximate surface area is 96.6 Å². The van der Waals surface area contributed by atoms with Crippen molar-refractivity contribution in [1.29, 1.82) is 0 Å². The summed E-state index contributed by atoms with van der Waals surface area (Å²) in [6.07, 6.45) is 0.573. The molecule has 0 saturated heterocycles. The first-order valence-corrected chi connectivity index (χ1v) is 5.07. The number of amides is 1. The molecule has 0 atom stereocenters. The molecule has 0 saturated carbocycles. The van der Waals surface area contributed by atoms with E-state index in [9.17, 15) is 13.6 Å². The Morgan fingerprint density at radius 1 is 1.38 bits per heavy atom. The van der Waals surface area contributed by atoms with Gasteiger partial charge >= 0.3 is 0 Å². The Kier molecular flexibility index (Phi) is 4.64. The van der Waals surface area contributed by atoms with Crippen molar-refractivity contribution in [2.45, 2.75) is 6.42 Å². The number of carbonyl (C=O) groups excluding carboxylic acids is 1. The second kappa shape index (κ2) is 5.77. The zero-order valence-electron chi connectivity index (χ0n) is 8.40. The highest BCUT2D eigenvalue weighted by atomic mass is 35.5. The van der Waals surface area contributed by atoms with Crippen LogP contribution in [0.5, 0.6) is 0 Å². The molecule has 1 aromatic carbocycles. The third-order valence-corrected chi connectivity index (χ3v) is 2.21. The van der Waals surface area contributed by atoms with E-state index in [1.165, 1.54) is 0 Å². The second-order valence-corrected chi connectivity index (χ2v) is 3.55. The maximum Gasteiger partial charge on any atom is 0.254 e. The molecule has 0 aromatic heterocycles. The monoisotopic (exact) mass is 248 g/mol. The molecule has 0 radical (unpaired) electrons. The summed E-state index contributed by atoms with van der Waals surface area (Å²) >= 11 is 5.35. The van der Waals surface area contributed by atoms with Gasteiger partial charge in [0.05, 0.1) is 10.6 Å². The summed E-state index contributed by atoms with van der Waals surface area (Å²) < 4.78 is 26.3. The maximum atomic E-state index is 13.3. The van der Waals surface area contributed by atoms with Gasteiger partial charge in [0, 0.05) is 6.54 Å². The maximum absolute atomic E-state index is 13.3. The van der Waals surface area contributed by atoms with Gasteiger partial charge in [0.15, 0.2) is 0 Å². The first kappa shape index (κ1) is 12.9. The highest BCUT2D eigenvalue weighted by Crippen LogP contribution is 2.19. The molecule has 0 fully saturated rings. The van der Waals surface area contributed by atoms with Gasteiger partial charge in [0.1, 0.15) is 11.6 Å². The number of benzene rings is 1. The summed E-state index contributed by atoms with van der Waals surface area (Å²) in [7, 11) is 0. The van der Waals surface area contributed by atoms with Crippen LogP contribution >= 0.6 is 11.6 Å². The van der Waals surface area contributed by atoms with E-state index in [0.29, 0.717) is 19.5 Å². The van der Waals surface area contributed by atoms with Crippen LogP contribution in [0, 0.1) is 11.6 Å². The predicted octanol–water partition coefficient (Wildman–Crippen LogP) is 1.70. The highest BCUT2D eigenvalue weighted by Gasteiger charge is 2.14. The molecule has 3 nitrogen and oxygen atoms in total. The van der Waals surface area contributed by atoms with E-state index in [1.807, 2.05) is 0 Å². The second-order valence-electron chi connectivity index (χ2n) is 3.14. The Morgan fingerprint density at radius 3 is 2.69 bits per heavy atom. The predicted molar refractivity (Wildman–Crippen MR) is 57.4 cm³/mol. The fraction of sp³-hybridized carbons (Fsp3) is 0.300. The van der Waals surface area contributed by atoms with Crippen LogP contribution in [0.4, 0.5) is 8.78 Å². The smallest absolute Gasteiger partial charge is 0.254 e. The van der Waals surface area contributed by atoms with Crippen LogP contribution in [0.2, 0.25) is 5.02 Å². The molecule has 6 heteroatoms. The lowest BCUT2D eigenvalue weighted by Gasteiger charge is -2.06. The van der Waals surface area contributed by atoms with Crippen LogP contribution in [0.15, 0.2) is 12.1 Å². The molecule has 88 valence electrons. The van der Waals surface area contributed by atoms with Gasteiger partial charge in [-0.2, -0.15) is 0 Å². The molecule has 0 bridgehead atoms. The summed E-state index contributed by atoms with van der Waals surface area (Å²) in [6, 6.07) is 1.55. The molecule has 0 spiro atoms. The van der Waals surface area contributed by atoms with Crippen molar-refractivity contribution in [2.75, 3.05) is 13.1 Å². The van der Waals surface area contributed by atoms with Crippen LogP contribution < -0.4 is 11.1 Å². The first-order chi connectivity index (χ1) is 7.56. The molecule has 0 heterocycles. The van der Waals surface area contributed by atoms with E-state index < -0.39 is 17.5 Å². The number of hydrogen-bond acceptors (Lipinski definition) is 2. The van der Waals surface area contributed by atoms with Crippen molar-refractivity contribution in [2.24, 2.45) is 5.73 Å². The van der Waals surface area contributed by atoms with Gasteiger partial charge in [-0.15, -0.1) is 0 Å². The molecular formula is C10H11ClF2N2O. The van der Waals surface area contributed by atoms with Gasteiger partial charge in [-0.1, -0.05) is 11.6 Å². The minimum absolute atomic E-state index is 0.318. The molecule has 1 amide bonds. The van der Waals surface area contributed by atoms with E-state index in [-0.39, 0.29) is 10.6 Å². The van der Waals surface area contributed by atoms with Crippen LogP contribution in [-0.2, 0) is 0 Å². The summed E-state index contributed by atoms with van der Waals surface area (Å²) in [4.78, 5) is 11.4. The van der Waals surface area contributed by atoms with Crippen LogP contribution in [0.25, 0.3) is 0 Å². The van der Waals surface area contributed by atoms with Crippen molar-refractivity contribution in [1.82, 2.24) is 5.32 Å². The summed E-state index contributed by atoms with van der Waals surface area (Å²) in [5.74, 6) is -2.36. The van der Waals surface area contributed by atoms with E-state index in [1.54, 1.807) is 0 Å². The van der Waals surface area contributed by atoms with Crippen molar-refractivity contribution in [3.05, 3.63) is 34.4 Å². The number of halogens is 3. The fourth-order valence-electron chi connectivity index (χ4n) is 1.10. The quantitative estimate of drug-likeness (QED) is 0.629. The molecule has 1 rings (SSSR count). The summed E-state index contributed by atoms with van der Waals surface area (Å²) in [5.41, 5.74) is 4.86. The van der Waals surface area contributed by atoms with Gasteiger partial charge in [0.25, 0.3) is 5.91 Å². The zero-order valence-corrected chi connectivity index (χ0v) is 9.15. The van der Waals surface area contributed by atoms with Crippen LogP contribution in [0.1, 0.15) is 16.8 Å². The van der Waals surface area contributed by atoms with Gasteiger partial charge in [0.2, 0.25) is 0 Å². The molecule has 0 aliphatic rings. The Balaban J connectivity index is 2.79. The van der Waals surface area contributed by atoms with Crippen molar-refractivity contribution in [3.63, 3.8) is 0 Å². The molecule has 16 heavy (non-hydrogen) atoms. The van der Waals surface area contributed by atoms with E-state index in [4.69, 9.17) is 17.3 Å². The topological polar surface area (TPSA) is 55.1 Å². The molecule has 1 aromatic rings. The number of nitrogens with one attached hydrogen (secondary N) is 1. The van der Waals surface area contributed by atoms with Crippen molar-refractivity contribution in [3.8, 4) is 0 Å². The lowest BCUT2D eigenvalue weighted by atomic mass is 10.2. The van der Waals surface area contributed by atoms with Gasteiger partial charge in [-0.25, -0.2) is 8.78 Å². The Bertz CT molecular complexity index is 399. The third kappa shape index (κ3) is 3.15. The largest absolute Gasteiger partial charge is 0.352 e. The van der Waals surface area contributed by atoms with E-state index in [0.717, 1.165) is 12.1 Å². The molecular weight excluding hydrogens is 238 g/mol. The number of hydrogen-bond donors (Lipinski definition) is 2. The first-order valence-electron chi connectivity index (χ1n) is 4.69. The Hall–Kier alpha value is -1.20. The summed E-state index contributed by atoms with van der Waals surface area (Å²) in [5, 5.41) is 2.07. The van der Waals surface area contributed by atoms with Gasteiger partial charge in [-0.05, 0) is 25.1 Å². The SMILES string of the molecule is NCCCNC(=O)c1cc(F)c(Cl)cc1F. The third-order valence-electron chi connectivity index (χ3n) is 1.92. The minimum Gasteiger partial charge on any atom is -0.352 e. The van der Waals surface area contributed by atoms with E-state index >= 15 is 0 Å². The molecule has 0 unspecified atom stereocenters. The Morgan fingerprint density at radius 2 is 2.06 bits per heavy atom. The molecule has 0 aliphatic carbocycles. The van der Waals surface area contributed by atoms with E-state index in [2.05, 4.69) is 5.32 Å². The van der Waals surface area contributed by atoms with Crippen molar-refractivity contribution < 1.29 is 13.6 Å². The van der Waals surface area contributed by atoms with Gasteiger partial charge < -0.3 is 11.1 Å². The lowest BCUT2D eigenvalue weighted by Crippen LogP contribution is -2.26. The zero-order chi connectivity index (χ0) is 12.1. The number of rotatable bonds is 4. The van der Waals surface area contributed by atoms with Crippen LogP contribution in [-0.4, -0.2) is 19.0 Å². The minimum atomic E-state index is -0.850. The normalized spacial score (nSPS) is 10.2. The average molecular weight is 249 g/mol. The number of carbonyl (C=O) groups is 1. The fourth-order valence-corrected chi connectivity index (χ4v) is 1.25. The van der Waals surface area contributed by atoms with Crippen LogP contribution in [0.3, 0.4) is 0 Å². The average Bonchev–Trinajstić information content (AvgIpc) is 2.23. The number of nitrogens with two attached hydrogens (primary N) is 1. The van der Waals surface area contributed by atoms with Gasteiger partial charge in [-0.3, -0.25) is 4.79 Å². The standard InChI is InChI=1S/C10H11ClF2N2O/c11-7-5-8(12)6(4-9(7)13)10(16)15-3-1-2-14/h4-5H,1-3,14H2,(H,15,16). The molecule has 3 N–H and O–H groups in total. The molecule has 0 aliphatic heterocycles. The van der Waals surface area contributed by atoms with Crippen molar-refractivity contribution >= 4 is 17.5 Å².